The summed E-state index contributed by atoms with van der Waals surface area (Å²) in [5.74, 6) is -1.51. The second-order valence-electron chi connectivity index (χ2n) is 5.96. The van der Waals surface area contributed by atoms with Crippen LogP contribution in [0, 0.1) is 13.8 Å². The molecule has 132 valence electrons. The van der Waals surface area contributed by atoms with Crippen molar-refractivity contribution in [3.63, 3.8) is 0 Å². The Kier molecular flexibility index (Phi) is 3.36. The lowest BCUT2D eigenvalue weighted by Crippen LogP contribution is -2.19. The van der Waals surface area contributed by atoms with E-state index in [0.717, 1.165) is 15.6 Å². The molecule has 0 spiro atoms. The number of aromatic nitrogens is 5. The number of halogens is 3. The van der Waals surface area contributed by atoms with E-state index >= 15 is 0 Å². The van der Waals surface area contributed by atoms with E-state index in [2.05, 4.69) is 15.1 Å². The average Bonchev–Trinajstić information content (AvgIpc) is 3.03. The zero-order chi connectivity index (χ0) is 18.6. The van der Waals surface area contributed by atoms with E-state index < -0.39 is 17.6 Å². The molecule has 3 heterocycles. The summed E-state index contributed by atoms with van der Waals surface area (Å²) >= 11 is 0. The van der Waals surface area contributed by atoms with Crippen molar-refractivity contribution in [2.45, 2.75) is 20.0 Å². The van der Waals surface area contributed by atoms with Gasteiger partial charge in [-0.1, -0.05) is 6.07 Å². The average molecular weight is 359 g/mol. The third-order valence-corrected chi connectivity index (χ3v) is 4.26. The standard InChI is InChI=1S/C17H12F3N5O/c1-9-3-4-11(7-10(9)2)24-6-5-13-12(14(24)26)8-21-16-22-15(17(18,19)20)23-25(13)16/h3-8H,1-2H3. The lowest BCUT2D eigenvalue weighted by atomic mass is 10.1. The van der Waals surface area contributed by atoms with Crippen LogP contribution in [0.3, 0.4) is 0 Å². The molecule has 0 unspecified atom stereocenters. The van der Waals surface area contributed by atoms with Crippen molar-refractivity contribution in [2.75, 3.05) is 0 Å². The molecule has 0 aliphatic rings. The van der Waals surface area contributed by atoms with Crippen LogP contribution < -0.4 is 5.56 Å². The summed E-state index contributed by atoms with van der Waals surface area (Å²) in [7, 11) is 0. The number of hydrogen-bond donors (Lipinski definition) is 0. The van der Waals surface area contributed by atoms with E-state index in [0.29, 0.717) is 5.69 Å². The number of aryl methyl sites for hydroxylation is 2. The summed E-state index contributed by atoms with van der Waals surface area (Å²) in [5, 5.41) is 3.60. The van der Waals surface area contributed by atoms with Crippen LogP contribution in [-0.2, 0) is 6.18 Å². The van der Waals surface area contributed by atoms with Crippen LogP contribution in [0.5, 0.6) is 0 Å². The van der Waals surface area contributed by atoms with Crippen LogP contribution in [-0.4, -0.2) is 24.1 Å². The maximum Gasteiger partial charge on any atom is 0.453 e. The van der Waals surface area contributed by atoms with Crippen molar-refractivity contribution in [1.29, 1.82) is 0 Å². The van der Waals surface area contributed by atoms with E-state index in [9.17, 15) is 18.0 Å². The van der Waals surface area contributed by atoms with Gasteiger partial charge in [-0.15, -0.1) is 5.10 Å². The van der Waals surface area contributed by atoms with Crippen molar-refractivity contribution in [3.05, 3.63) is 64.0 Å². The molecule has 9 heteroatoms. The van der Waals surface area contributed by atoms with Gasteiger partial charge in [0.2, 0.25) is 0 Å². The molecule has 0 radical (unpaired) electrons. The number of nitrogens with zero attached hydrogens (tertiary/aromatic N) is 5. The van der Waals surface area contributed by atoms with Crippen LogP contribution in [0.2, 0.25) is 0 Å². The number of fused-ring (bicyclic) bond motifs is 3. The first-order valence-electron chi connectivity index (χ1n) is 7.68. The van der Waals surface area contributed by atoms with Gasteiger partial charge < -0.3 is 0 Å². The van der Waals surface area contributed by atoms with Crippen molar-refractivity contribution in [1.82, 2.24) is 24.1 Å². The SMILES string of the molecule is Cc1ccc(-n2ccc3c(cnc4nc(C(F)(F)F)nn43)c2=O)cc1C. The number of rotatable bonds is 1. The summed E-state index contributed by atoms with van der Waals surface area (Å²) in [4.78, 5) is 20.0. The van der Waals surface area contributed by atoms with Gasteiger partial charge in [0.1, 0.15) is 0 Å². The second kappa shape index (κ2) is 5.38. The number of alkyl halides is 3. The highest BCUT2D eigenvalue weighted by molar-refractivity contribution is 5.79. The lowest BCUT2D eigenvalue weighted by molar-refractivity contribution is -0.144. The molecule has 26 heavy (non-hydrogen) atoms. The number of hydrogen-bond acceptors (Lipinski definition) is 4. The molecule has 4 rings (SSSR count). The molecule has 4 aromatic rings. The quantitative estimate of drug-likeness (QED) is 0.524. The molecular formula is C17H12F3N5O. The molecule has 0 aliphatic carbocycles. The van der Waals surface area contributed by atoms with Crippen molar-refractivity contribution in [3.8, 4) is 5.69 Å². The largest absolute Gasteiger partial charge is 0.453 e. The molecule has 0 saturated heterocycles. The van der Waals surface area contributed by atoms with Gasteiger partial charge >= 0.3 is 6.18 Å². The van der Waals surface area contributed by atoms with Gasteiger partial charge in [-0.25, -0.2) is 4.98 Å². The maximum atomic E-state index is 12.8. The predicted molar refractivity (Wildman–Crippen MR) is 88.4 cm³/mol. The monoisotopic (exact) mass is 359 g/mol. The van der Waals surface area contributed by atoms with Crippen LogP contribution in [0.4, 0.5) is 13.2 Å². The Labute approximate surface area is 144 Å². The normalized spacial score (nSPS) is 12.2. The van der Waals surface area contributed by atoms with E-state index in [1.807, 2.05) is 26.0 Å². The first-order valence-corrected chi connectivity index (χ1v) is 7.68. The lowest BCUT2D eigenvalue weighted by Gasteiger charge is -2.09. The highest BCUT2D eigenvalue weighted by Gasteiger charge is 2.36. The van der Waals surface area contributed by atoms with Crippen LogP contribution in [0.25, 0.3) is 22.4 Å². The Hall–Kier alpha value is -3.23. The predicted octanol–water partition coefficient (Wildman–Crippen LogP) is 3.06. The molecule has 1 aromatic carbocycles. The molecule has 3 aromatic heterocycles. The fraction of sp³-hybridized carbons (Fsp3) is 0.176. The Morgan fingerprint density at radius 3 is 2.54 bits per heavy atom. The maximum absolute atomic E-state index is 12.8. The van der Waals surface area contributed by atoms with Gasteiger partial charge in [0.25, 0.3) is 17.2 Å². The number of benzene rings is 1. The summed E-state index contributed by atoms with van der Waals surface area (Å²) in [5.41, 5.74) is 2.59. The fourth-order valence-electron chi connectivity index (χ4n) is 2.72. The van der Waals surface area contributed by atoms with Gasteiger partial charge in [0, 0.05) is 18.1 Å². The minimum atomic E-state index is -4.69. The minimum absolute atomic E-state index is 0.150. The summed E-state index contributed by atoms with van der Waals surface area (Å²) in [6.07, 6.45) is -1.96. The molecule has 0 bridgehead atoms. The molecule has 6 nitrogen and oxygen atoms in total. The topological polar surface area (TPSA) is 65.1 Å². The fourth-order valence-corrected chi connectivity index (χ4v) is 2.72. The van der Waals surface area contributed by atoms with E-state index in [1.54, 1.807) is 6.07 Å². The summed E-state index contributed by atoms with van der Waals surface area (Å²) in [6, 6.07) is 7.09. The van der Waals surface area contributed by atoms with E-state index in [-0.39, 0.29) is 16.7 Å². The first kappa shape index (κ1) is 16.2. The Morgan fingerprint density at radius 2 is 1.85 bits per heavy atom. The zero-order valence-electron chi connectivity index (χ0n) is 13.7. The summed E-state index contributed by atoms with van der Waals surface area (Å²) in [6.45, 7) is 3.90. The minimum Gasteiger partial charge on any atom is -0.284 e. The molecule has 0 atom stereocenters. The Balaban J connectivity index is 1.97. The van der Waals surface area contributed by atoms with Gasteiger partial charge in [-0.2, -0.15) is 22.7 Å². The smallest absolute Gasteiger partial charge is 0.284 e. The van der Waals surface area contributed by atoms with Gasteiger partial charge in [-0.05, 0) is 43.2 Å². The third kappa shape index (κ3) is 2.43. The van der Waals surface area contributed by atoms with Gasteiger partial charge in [0.05, 0.1) is 10.9 Å². The summed E-state index contributed by atoms with van der Waals surface area (Å²) < 4.78 is 40.8. The second-order valence-corrected chi connectivity index (χ2v) is 5.96. The van der Waals surface area contributed by atoms with Crippen molar-refractivity contribution < 1.29 is 13.2 Å². The van der Waals surface area contributed by atoms with Crippen molar-refractivity contribution in [2.24, 2.45) is 0 Å². The molecule has 0 fully saturated rings. The molecule has 0 saturated carbocycles. The third-order valence-electron chi connectivity index (χ3n) is 4.26. The first-order chi connectivity index (χ1) is 12.3. The van der Waals surface area contributed by atoms with Gasteiger partial charge in [-0.3, -0.25) is 9.36 Å². The molecular weight excluding hydrogens is 347 g/mol. The number of pyridine rings is 1. The van der Waals surface area contributed by atoms with E-state index in [4.69, 9.17) is 0 Å². The van der Waals surface area contributed by atoms with Gasteiger partial charge in [0.15, 0.2) is 0 Å². The van der Waals surface area contributed by atoms with Crippen LogP contribution in [0.1, 0.15) is 17.0 Å². The Bertz CT molecular complexity index is 1220. The molecule has 0 amide bonds. The van der Waals surface area contributed by atoms with Crippen molar-refractivity contribution >= 4 is 16.7 Å². The highest BCUT2D eigenvalue weighted by Crippen LogP contribution is 2.26. The zero-order valence-corrected chi connectivity index (χ0v) is 13.7. The van der Waals surface area contributed by atoms with Crippen LogP contribution >= 0.6 is 0 Å². The van der Waals surface area contributed by atoms with E-state index in [1.165, 1.54) is 23.0 Å². The Morgan fingerprint density at radius 1 is 1.08 bits per heavy atom. The van der Waals surface area contributed by atoms with Crippen LogP contribution in [0.15, 0.2) is 41.5 Å². The molecule has 0 N–H and O–H groups in total. The highest BCUT2D eigenvalue weighted by atomic mass is 19.4. The molecule has 0 aliphatic heterocycles.